The molecule has 1 aliphatic rings. The van der Waals surface area contributed by atoms with Gasteiger partial charge in [0.1, 0.15) is 4.90 Å². The van der Waals surface area contributed by atoms with Crippen LogP contribution in [0.5, 0.6) is 0 Å². The molecule has 2 rings (SSSR count). The number of aliphatic hydroxyl groups is 1. The van der Waals surface area contributed by atoms with E-state index in [0.717, 1.165) is 12.8 Å². The Balaban J connectivity index is 2.21. The smallest absolute Gasteiger partial charge is 0.244 e. The van der Waals surface area contributed by atoms with Gasteiger partial charge in [0.2, 0.25) is 10.0 Å². The van der Waals surface area contributed by atoms with Gasteiger partial charge in [-0.05, 0) is 18.9 Å². The maximum Gasteiger partial charge on any atom is 0.244 e. The van der Waals surface area contributed by atoms with Crippen LogP contribution in [0.2, 0.25) is 0 Å². The predicted octanol–water partition coefficient (Wildman–Crippen LogP) is 0.707. The molecular weight excluding hydrogens is 280 g/mol. The summed E-state index contributed by atoms with van der Waals surface area (Å²) in [7, 11) is -1.81. The third kappa shape index (κ3) is 3.06. The van der Waals surface area contributed by atoms with Gasteiger partial charge in [-0.3, -0.25) is 0 Å². The molecular formula is C13H22N2O4S. The highest BCUT2D eigenvalue weighted by Crippen LogP contribution is 2.21. The minimum Gasteiger partial charge on any atom is -0.390 e. The summed E-state index contributed by atoms with van der Waals surface area (Å²) in [5.41, 5.74) is 0.580. The standard InChI is InChI=1S/C13H22N2O4S/c1-3-15(8-12-5-4-6-19-12)20(17,18)13-7-11(10-16)14(2)9-13/h7,9,12,16H,3-6,8,10H2,1-2H3. The van der Waals surface area contributed by atoms with E-state index in [1.165, 1.54) is 10.4 Å². The van der Waals surface area contributed by atoms with E-state index in [9.17, 15) is 13.5 Å². The monoisotopic (exact) mass is 302 g/mol. The molecule has 0 amide bonds. The Morgan fingerprint density at radius 3 is 2.80 bits per heavy atom. The van der Waals surface area contributed by atoms with Gasteiger partial charge in [0.15, 0.2) is 0 Å². The molecule has 1 aromatic rings. The normalized spacial score (nSPS) is 19.9. The summed E-state index contributed by atoms with van der Waals surface area (Å²) in [5.74, 6) is 0. The summed E-state index contributed by atoms with van der Waals surface area (Å²) in [5, 5.41) is 9.17. The van der Waals surface area contributed by atoms with Gasteiger partial charge in [-0.1, -0.05) is 6.92 Å². The van der Waals surface area contributed by atoms with Gasteiger partial charge >= 0.3 is 0 Å². The lowest BCUT2D eigenvalue weighted by Crippen LogP contribution is -2.37. The summed E-state index contributed by atoms with van der Waals surface area (Å²) < 4.78 is 33.8. The average molecular weight is 302 g/mol. The third-order valence-electron chi connectivity index (χ3n) is 3.67. The lowest BCUT2D eigenvalue weighted by Gasteiger charge is -2.22. The van der Waals surface area contributed by atoms with Crippen LogP contribution >= 0.6 is 0 Å². The Morgan fingerprint density at radius 2 is 2.30 bits per heavy atom. The van der Waals surface area contributed by atoms with E-state index in [-0.39, 0.29) is 17.6 Å². The number of sulfonamides is 1. The van der Waals surface area contributed by atoms with Crippen molar-refractivity contribution in [3.63, 3.8) is 0 Å². The fourth-order valence-corrected chi connectivity index (χ4v) is 4.01. The molecule has 0 bridgehead atoms. The molecule has 2 heterocycles. The van der Waals surface area contributed by atoms with Gasteiger partial charge in [-0.25, -0.2) is 8.42 Å². The quantitative estimate of drug-likeness (QED) is 0.840. The molecule has 114 valence electrons. The lowest BCUT2D eigenvalue weighted by atomic mass is 10.2. The molecule has 1 aliphatic heterocycles. The van der Waals surface area contributed by atoms with Crippen molar-refractivity contribution >= 4 is 10.0 Å². The zero-order valence-electron chi connectivity index (χ0n) is 11.9. The molecule has 1 atom stereocenters. The number of rotatable bonds is 6. The number of hydrogen-bond donors (Lipinski definition) is 1. The number of ether oxygens (including phenoxy) is 1. The highest BCUT2D eigenvalue weighted by Gasteiger charge is 2.29. The van der Waals surface area contributed by atoms with Crippen LogP contribution in [-0.2, 0) is 28.4 Å². The van der Waals surface area contributed by atoms with Crippen molar-refractivity contribution in [2.24, 2.45) is 7.05 Å². The molecule has 0 radical (unpaired) electrons. The first-order valence-corrected chi connectivity index (χ1v) is 8.31. The van der Waals surface area contributed by atoms with E-state index in [1.807, 2.05) is 6.92 Å². The van der Waals surface area contributed by atoms with Gasteiger partial charge in [-0.15, -0.1) is 0 Å². The molecule has 0 saturated carbocycles. The highest BCUT2D eigenvalue weighted by molar-refractivity contribution is 7.89. The van der Waals surface area contributed by atoms with Crippen molar-refractivity contribution in [1.29, 1.82) is 0 Å². The maximum atomic E-state index is 12.6. The summed E-state index contributed by atoms with van der Waals surface area (Å²) in [6, 6.07) is 1.52. The minimum absolute atomic E-state index is 0.00857. The summed E-state index contributed by atoms with van der Waals surface area (Å²) in [4.78, 5) is 0.226. The Hall–Kier alpha value is -0.890. The van der Waals surface area contributed by atoms with Gasteiger partial charge in [0.05, 0.1) is 12.7 Å². The number of hydrogen-bond acceptors (Lipinski definition) is 4. The Bertz CT molecular complexity index is 547. The second kappa shape index (κ2) is 6.26. The first kappa shape index (κ1) is 15.5. The molecule has 20 heavy (non-hydrogen) atoms. The van der Waals surface area contributed by atoms with Crippen LogP contribution in [0.1, 0.15) is 25.5 Å². The molecule has 1 saturated heterocycles. The van der Waals surface area contributed by atoms with E-state index >= 15 is 0 Å². The number of nitrogens with zero attached hydrogens (tertiary/aromatic N) is 2. The van der Waals surface area contributed by atoms with Crippen molar-refractivity contribution in [3.05, 3.63) is 18.0 Å². The van der Waals surface area contributed by atoms with Crippen LogP contribution in [0.3, 0.4) is 0 Å². The van der Waals surface area contributed by atoms with Crippen LogP contribution < -0.4 is 0 Å². The molecule has 1 aromatic heterocycles. The second-order valence-corrected chi connectivity index (χ2v) is 6.96. The number of aromatic nitrogens is 1. The van der Waals surface area contributed by atoms with E-state index in [1.54, 1.807) is 17.8 Å². The molecule has 0 aromatic carbocycles. The van der Waals surface area contributed by atoms with Crippen molar-refractivity contribution < 1.29 is 18.3 Å². The maximum absolute atomic E-state index is 12.6. The first-order valence-electron chi connectivity index (χ1n) is 6.87. The van der Waals surface area contributed by atoms with Crippen LogP contribution in [0.25, 0.3) is 0 Å². The molecule has 7 heteroatoms. The predicted molar refractivity (Wildman–Crippen MR) is 74.7 cm³/mol. The van der Waals surface area contributed by atoms with Crippen molar-refractivity contribution in [1.82, 2.24) is 8.87 Å². The second-order valence-electron chi connectivity index (χ2n) is 5.03. The van der Waals surface area contributed by atoms with Gasteiger partial charge in [0, 0.05) is 38.6 Å². The van der Waals surface area contributed by atoms with Crippen molar-refractivity contribution in [3.8, 4) is 0 Å². The van der Waals surface area contributed by atoms with Crippen molar-refractivity contribution in [2.45, 2.75) is 37.4 Å². The fourth-order valence-electron chi connectivity index (χ4n) is 2.44. The number of aryl methyl sites for hydroxylation is 1. The average Bonchev–Trinajstić information content (AvgIpc) is 3.04. The first-order chi connectivity index (χ1) is 9.48. The van der Waals surface area contributed by atoms with E-state index in [4.69, 9.17) is 4.74 Å². The third-order valence-corrected chi connectivity index (χ3v) is 5.57. The molecule has 1 N–H and O–H groups in total. The van der Waals surface area contributed by atoms with Gasteiger partial charge in [-0.2, -0.15) is 4.31 Å². The van der Waals surface area contributed by atoms with E-state index in [0.29, 0.717) is 25.4 Å². The van der Waals surface area contributed by atoms with Crippen LogP contribution in [0.15, 0.2) is 17.2 Å². The van der Waals surface area contributed by atoms with Crippen LogP contribution in [-0.4, -0.2) is 48.2 Å². The molecule has 1 fully saturated rings. The number of aliphatic hydroxyl groups excluding tert-OH is 1. The minimum atomic E-state index is -3.53. The summed E-state index contributed by atoms with van der Waals surface area (Å²) in [6.07, 6.45) is 3.43. The van der Waals surface area contributed by atoms with E-state index in [2.05, 4.69) is 0 Å². The summed E-state index contributed by atoms with van der Waals surface area (Å²) in [6.45, 7) is 3.16. The van der Waals surface area contributed by atoms with Gasteiger partial charge in [0.25, 0.3) is 0 Å². The molecule has 0 spiro atoms. The zero-order chi connectivity index (χ0) is 14.8. The molecule has 1 unspecified atom stereocenters. The van der Waals surface area contributed by atoms with Crippen molar-refractivity contribution in [2.75, 3.05) is 19.7 Å². The Morgan fingerprint density at radius 1 is 1.55 bits per heavy atom. The molecule has 6 nitrogen and oxygen atoms in total. The van der Waals surface area contributed by atoms with Gasteiger partial charge < -0.3 is 14.4 Å². The lowest BCUT2D eigenvalue weighted by molar-refractivity contribution is 0.0947. The number of likely N-dealkylation sites (N-methyl/N-ethyl adjacent to an activating group) is 1. The topological polar surface area (TPSA) is 71.8 Å². The van der Waals surface area contributed by atoms with E-state index < -0.39 is 10.0 Å². The Labute approximate surface area is 120 Å². The SMILES string of the molecule is CCN(CC1CCCO1)S(=O)(=O)c1cc(CO)n(C)c1. The van der Waals surface area contributed by atoms with Crippen LogP contribution in [0.4, 0.5) is 0 Å². The molecule has 0 aliphatic carbocycles. The fraction of sp³-hybridized carbons (Fsp3) is 0.692. The zero-order valence-corrected chi connectivity index (χ0v) is 12.8. The van der Waals surface area contributed by atoms with Crippen LogP contribution in [0, 0.1) is 0 Å². The summed E-state index contributed by atoms with van der Waals surface area (Å²) >= 11 is 0. The highest BCUT2D eigenvalue weighted by atomic mass is 32.2. The largest absolute Gasteiger partial charge is 0.390 e. The Kier molecular flexibility index (Phi) is 4.85.